The monoisotopic (exact) mass is 396 g/mol. The van der Waals surface area contributed by atoms with Crippen LogP contribution >= 0.6 is 0 Å². The zero-order chi connectivity index (χ0) is 19.6. The van der Waals surface area contributed by atoms with Gasteiger partial charge in [0.25, 0.3) is 0 Å². The van der Waals surface area contributed by atoms with Crippen LogP contribution < -0.4 is 5.32 Å². The van der Waals surface area contributed by atoms with Crippen LogP contribution in [-0.2, 0) is 15.6 Å². The molecule has 0 bridgehead atoms. The summed E-state index contributed by atoms with van der Waals surface area (Å²) in [7, 11) is -3.25. The van der Waals surface area contributed by atoms with Crippen molar-refractivity contribution in [3.8, 4) is 5.75 Å². The number of aromatic nitrogens is 1. The number of sulfone groups is 1. The van der Waals surface area contributed by atoms with Gasteiger partial charge in [0.05, 0.1) is 11.5 Å². The van der Waals surface area contributed by atoms with E-state index in [0.717, 1.165) is 23.9 Å². The molecule has 2 heterocycles. The Morgan fingerprint density at radius 1 is 1.11 bits per heavy atom. The van der Waals surface area contributed by atoms with E-state index < -0.39 is 9.84 Å². The summed E-state index contributed by atoms with van der Waals surface area (Å²) in [6.07, 6.45) is 5.32. The van der Waals surface area contributed by atoms with E-state index in [2.05, 4.69) is 28.5 Å². The molecular formula is C22H24N2O3S. The molecule has 4 rings (SSSR count). The SMILES string of the molecule is O=S(=O)(CCC1CC(c2ccccc2)=CCN1)Cc1c[nH]c2ccc(O)cc12. The molecular weight excluding hydrogens is 372 g/mol. The quantitative estimate of drug-likeness (QED) is 0.594. The number of aromatic amines is 1. The van der Waals surface area contributed by atoms with Gasteiger partial charge in [-0.25, -0.2) is 8.42 Å². The van der Waals surface area contributed by atoms with E-state index in [1.165, 1.54) is 11.1 Å². The second-order valence-corrected chi connectivity index (χ2v) is 9.51. The van der Waals surface area contributed by atoms with Gasteiger partial charge in [0.2, 0.25) is 0 Å². The minimum atomic E-state index is -3.25. The number of H-pyrrole nitrogens is 1. The lowest BCUT2D eigenvalue weighted by Crippen LogP contribution is -2.34. The predicted molar refractivity (Wildman–Crippen MR) is 113 cm³/mol. The molecule has 2 aromatic carbocycles. The van der Waals surface area contributed by atoms with Gasteiger partial charge >= 0.3 is 0 Å². The van der Waals surface area contributed by atoms with Crippen molar-refractivity contribution in [2.24, 2.45) is 0 Å². The summed E-state index contributed by atoms with van der Waals surface area (Å²) in [4.78, 5) is 3.07. The number of phenolic OH excluding ortho intramolecular Hbond substituents is 1. The van der Waals surface area contributed by atoms with E-state index in [-0.39, 0.29) is 23.3 Å². The minimum Gasteiger partial charge on any atom is -0.508 e. The summed E-state index contributed by atoms with van der Waals surface area (Å²) < 4.78 is 25.4. The van der Waals surface area contributed by atoms with Crippen molar-refractivity contribution in [1.29, 1.82) is 0 Å². The maximum atomic E-state index is 12.7. The third-order valence-corrected chi connectivity index (χ3v) is 6.88. The van der Waals surface area contributed by atoms with Crippen molar-refractivity contribution in [3.05, 3.63) is 71.9 Å². The van der Waals surface area contributed by atoms with Crippen molar-refractivity contribution >= 4 is 26.3 Å². The normalized spacial score (nSPS) is 17.6. The van der Waals surface area contributed by atoms with Gasteiger partial charge < -0.3 is 15.4 Å². The van der Waals surface area contributed by atoms with E-state index in [0.29, 0.717) is 12.0 Å². The largest absolute Gasteiger partial charge is 0.508 e. The van der Waals surface area contributed by atoms with Crippen LogP contribution in [-0.4, -0.2) is 36.8 Å². The molecule has 28 heavy (non-hydrogen) atoms. The van der Waals surface area contributed by atoms with Gasteiger partial charge in [-0.05, 0) is 47.7 Å². The molecule has 1 atom stereocenters. The Kier molecular flexibility index (Phi) is 5.24. The summed E-state index contributed by atoms with van der Waals surface area (Å²) in [6.45, 7) is 0.761. The molecule has 146 valence electrons. The number of rotatable bonds is 6. The molecule has 3 N–H and O–H groups in total. The van der Waals surface area contributed by atoms with Gasteiger partial charge in [0, 0.05) is 29.7 Å². The van der Waals surface area contributed by atoms with E-state index >= 15 is 0 Å². The highest BCUT2D eigenvalue weighted by Crippen LogP contribution is 2.26. The number of aromatic hydroxyl groups is 1. The van der Waals surface area contributed by atoms with Crippen molar-refractivity contribution in [3.63, 3.8) is 0 Å². The van der Waals surface area contributed by atoms with Crippen LogP contribution in [0.25, 0.3) is 16.5 Å². The molecule has 0 aliphatic carbocycles. The smallest absolute Gasteiger partial charge is 0.154 e. The second kappa shape index (κ2) is 7.81. The highest BCUT2D eigenvalue weighted by molar-refractivity contribution is 7.90. The Balaban J connectivity index is 1.40. The van der Waals surface area contributed by atoms with Crippen molar-refractivity contribution < 1.29 is 13.5 Å². The Morgan fingerprint density at radius 2 is 1.93 bits per heavy atom. The lowest BCUT2D eigenvalue weighted by atomic mass is 9.94. The lowest BCUT2D eigenvalue weighted by Gasteiger charge is -2.24. The number of hydrogen-bond donors (Lipinski definition) is 3. The molecule has 0 saturated heterocycles. The van der Waals surface area contributed by atoms with Crippen molar-refractivity contribution in [1.82, 2.24) is 10.3 Å². The van der Waals surface area contributed by atoms with Crippen LogP contribution in [0.5, 0.6) is 5.75 Å². The highest BCUT2D eigenvalue weighted by Gasteiger charge is 2.21. The molecule has 1 aliphatic rings. The van der Waals surface area contributed by atoms with E-state index in [1.54, 1.807) is 24.4 Å². The molecule has 1 aromatic heterocycles. The molecule has 0 spiro atoms. The molecule has 5 nitrogen and oxygen atoms in total. The number of phenols is 1. The van der Waals surface area contributed by atoms with Crippen LogP contribution in [0, 0.1) is 0 Å². The van der Waals surface area contributed by atoms with E-state index in [4.69, 9.17) is 0 Å². The molecule has 0 radical (unpaired) electrons. The minimum absolute atomic E-state index is 0.0233. The first kappa shape index (κ1) is 18.8. The molecule has 6 heteroatoms. The van der Waals surface area contributed by atoms with Gasteiger partial charge in [-0.15, -0.1) is 0 Å². The topological polar surface area (TPSA) is 82.2 Å². The summed E-state index contributed by atoms with van der Waals surface area (Å²) in [6, 6.07) is 15.3. The molecule has 0 fully saturated rings. The van der Waals surface area contributed by atoms with Crippen molar-refractivity contribution in [2.75, 3.05) is 12.3 Å². The fraction of sp³-hybridized carbons (Fsp3) is 0.273. The first-order valence-electron chi connectivity index (χ1n) is 9.47. The molecule has 1 aliphatic heterocycles. The average Bonchev–Trinajstić information content (AvgIpc) is 3.09. The van der Waals surface area contributed by atoms with Gasteiger partial charge in [-0.2, -0.15) is 0 Å². The zero-order valence-corrected chi connectivity index (χ0v) is 16.4. The molecule has 3 aromatic rings. The van der Waals surface area contributed by atoms with Crippen LogP contribution in [0.4, 0.5) is 0 Å². The van der Waals surface area contributed by atoms with Crippen LogP contribution in [0.2, 0.25) is 0 Å². The van der Waals surface area contributed by atoms with Gasteiger partial charge in [-0.3, -0.25) is 0 Å². The number of fused-ring (bicyclic) bond motifs is 1. The van der Waals surface area contributed by atoms with Crippen LogP contribution in [0.1, 0.15) is 24.0 Å². The van der Waals surface area contributed by atoms with Crippen molar-refractivity contribution in [2.45, 2.75) is 24.6 Å². The molecule has 1 unspecified atom stereocenters. The Morgan fingerprint density at radius 3 is 2.75 bits per heavy atom. The summed E-state index contributed by atoms with van der Waals surface area (Å²) in [5.74, 6) is 0.250. The third-order valence-electron chi connectivity index (χ3n) is 5.27. The summed E-state index contributed by atoms with van der Waals surface area (Å²) >= 11 is 0. The Hall–Kier alpha value is -2.57. The molecule has 0 saturated carbocycles. The van der Waals surface area contributed by atoms with Gasteiger partial charge in [0.15, 0.2) is 9.84 Å². The fourth-order valence-corrected chi connectivity index (χ4v) is 5.28. The maximum Gasteiger partial charge on any atom is 0.154 e. The molecule has 0 amide bonds. The fourth-order valence-electron chi connectivity index (χ4n) is 3.78. The number of benzene rings is 2. The maximum absolute atomic E-state index is 12.7. The number of nitrogens with one attached hydrogen (secondary N) is 2. The van der Waals surface area contributed by atoms with Gasteiger partial charge in [-0.1, -0.05) is 36.4 Å². The Bertz CT molecular complexity index is 1100. The summed E-state index contributed by atoms with van der Waals surface area (Å²) in [5, 5.41) is 13.9. The van der Waals surface area contributed by atoms with E-state index in [1.807, 2.05) is 18.2 Å². The lowest BCUT2D eigenvalue weighted by molar-refractivity contribution is 0.476. The third kappa shape index (κ3) is 4.29. The first-order chi connectivity index (χ1) is 13.5. The summed E-state index contributed by atoms with van der Waals surface area (Å²) in [5.41, 5.74) is 4.01. The zero-order valence-electron chi connectivity index (χ0n) is 15.6. The first-order valence-corrected chi connectivity index (χ1v) is 11.3. The van der Waals surface area contributed by atoms with Crippen LogP contribution in [0.3, 0.4) is 0 Å². The number of hydrogen-bond acceptors (Lipinski definition) is 4. The standard InChI is InChI=1S/C22H24N2O3S/c25-20-6-7-22-21(13-20)18(14-24-22)15-28(26,27)11-9-19-12-17(8-10-23-19)16-4-2-1-3-5-16/h1-8,13-14,19,23-25H,9-12,15H2. The van der Waals surface area contributed by atoms with E-state index in [9.17, 15) is 13.5 Å². The Labute approximate surface area is 165 Å². The predicted octanol–water partition coefficient (Wildman–Crippen LogP) is 3.62. The highest BCUT2D eigenvalue weighted by atomic mass is 32.2. The van der Waals surface area contributed by atoms with Gasteiger partial charge in [0.1, 0.15) is 5.75 Å². The van der Waals surface area contributed by atoms with Crippen LogP contribution in [0.15, 0.2) is 60.8 Å². The second-order valence-electron chi connectivity index (χ2n) is 7.33. The average molecular weight is 397 g/mol.